The third kappa shape index (κ3) is 2.11. The van der Waals surface area contributed by atoms with Crippen LogP contribution in [-0.4, -0.2) is 0 Å². The molecule has 96 valence electrons. The van der Waals surface area contributed by atoms with Crippen molar-refractivity contribution in [3.05, 3.63) is 58.9 Å². The van der Waals surface area contributed by atoms with Gasteiger partial charge in [0, 0.05) is 22.5 Å². The average Bonchev–Trinajstić information content (AvgIpc) is 2.85. The second kappa shape index (κ2) is 4.68. The van der Waals surface area contributed by atoms with Gasteiger partial charge in [0.2, 0.25) is 0 Å². The van der Waals surface area contributed by atoms with E-state index in [9.17, 15) is 4.39 Å². The SMILES string of the molecule is NCc1cc(-c2cc3cccc(F)c3o2)ccc1Cl. The Labute approximate surface area is 114 Å². The Kier molecular flexibility index (Phi) is 3.01. The third-order valence-electron chi connectivity index (χ3n) is 3.05. The summed E-state index contributed by atoms with van der Waals surface area (Å²) >= 11 is 6.02. The molecule has 19 heavy (non-hydrogen) atoms. The Morgan fingerprint density at radius 1 is 1.16 bits per heavy atom. The number of benzene rings is 2. The molecule has 3 aromatic rings. The molecule has 2 N–H and O–H groups in total. The third-order valence-corrected chi connectivity index (χ3v) is 3.41. The van der Waals surface area contributed by atoms with Gasteiger partial charge in [-0.15, -0.1) is 0 Å². The maximum atomic E-state index is 13.6. The van der Waals surface area contributed by atoms with Crippen LogP contribution in [0.15, 0.2) is 46.9 Å². The molecule has 1 heterocycles. The summed E-state index contributed by atoms with van der Waals surface area (Å²) in [5.74, 6) is 0.239. The van der Waals surface area contributed by atoms with Crippen molar-refractivity contribution in [2.24, 2.45) is 5.73 Å². The Bertz CT molecular complexity index is 751. The van der Waals surface area contributed by atoms with Gasteiger partial charge < -0.3 is 10.2 Å². The van der Waals surface area contributed by atoms with Crippen LogP contribution in [0.4, 0.5) is 4.39 Å². The molecule has 3 rings (SSSR count). The van der Waals surface area contributed by atoms with Crippen LogP contribution in [-0.2, 0) is 6.54 Å². The fourth-order valence-electron chi connectivity index (χ4n) is 2.05. The maximum absolute atomic E-state index is 13.6. The van der Waals surface area contributed by atoms with E-state index in [1.165, 1.54) is 6.07 Å². The van der Waals surface area contributed by atoms with Gasteiger partial charge in [0.15, 0.2) is 11.4 Å². The van der Waals surface area contributed by atoms with Crippen molar-refractivity contribution in [3.8, 4) is 11.3 Å². The van der Waals surface area contributed by atoms with E-state index in [4.69, 9.17) is 21.8 Å². The Hall–Kier alpha value is -1.84. The fraction of sp³-hybridized carbons (Fsp3) is 0.0667. The second-order valence-corrected chi connectivity index (χ2v) is 4.69. The minimum Gasteiger partial charge on any atom is -0.453 e. The van der Waals surface area contributed by atoms with Gasteiger partial charge in [-0.25, -0.2) is 4.39 Å². The number of hydrogen-bond acceptors (Lipinski definition) is 2. The molecule has 0 saturated heterocycles. The lowest BCUT2D eigenvalue weighted by atomic mass is 10.1. The fourth-order valence-corrected chi connectivity index (χ4v) is 2.25. The average molecular weight is 276 g/mol. The zero-order valence-electron chi connectivity index (χ0n) is 9.99. The standard InChI is InChI=1S/C15H11ClFNO/c16-12-5-4-9(6-11(12)8-18)14-7-10-2-1-3-13(17)15(10)19-14/h1-7H,8,18H2. The molecule has 0 amide bonds. The minimum atomic E-state index is -0.364. The number of nitrogens with two attached hydrogens (primary N) is 1. The summed E-state index contributed by atoms with van der Waals surface area (Å²) in [5.41, 5.74) is 7.55. The molecule has 0 unspecified atom stereocenters. The predicted molar refractivity (Wildman–Crippen MR) is 74.5 cm³/mol. The molecule has 2 nitrogen and oxygen atoms in total. The van der Waals surface area contributed by atoms with Gasteiger partial charge in [0.05, 0.1) is 0 Å². The first-order chi connectivity index (χ1) is 9.19. The van der Waals surface area contributed by atoms with Gasteiger partial charge in [-0.2, -0.15) is 0 Å². The first-order valence-corrected chi connectivity index (χ1v) is 6.24. The summed E-state index contributed by atoms with van der Waals surface area (Å²) in [6, 6.07) is 12.1. The summed E-state index contributed by atoms with van der Waals surface area (Å²) < 4.78 is 19.2. The van der Waals surface area contributed by atoms with E-state index in [2.05, 4.69) is 0 Å². The van der Waals surface area contributed by atoms with E-state index in [-0.39, 0.29) is 11.4 Å². The van der Waals surface area contributed by atoms with Crippen molar-refractivity contribution in [1.29, 1.82) is 0 Å². The van der Waals surface area contributed by atoms with Crippen molar-refractivity contribution in [1.82, 2.24) is 0 Å². The monoisotopic (exact) mass is 275 g/mol. The lowest BCUT2D eigenvalue weighted by Gasteiger charge is -2.03. The number of para-hydroxylation sites is 1. The largest absolute Gasteiger partial charge is 0.453 e. The molecule has 0 aliphatic rings. The highest BCUT2D eigenvalue weighted by Gasteiger charge is 2.10. The van der Waals surface area contributed by atoms with Crippen LogP contribution < -0.4 is 5.73 Å². The number of hydrogen-bond donors (Lipinski definition) is 1. The van der Waals surface area contributed by atoms with Crippen molar-refractivity contribution < 1.29 is 8.81 Å². The van der Waals surface area contributed by atoms with Crippen LogP contribution in [0.1, 0.15) is 5.56 Å². The van der Waals surface area contributed by atoms with Crippen LogP contribution in [0.5, 0.6) is 0 Å². The summed E-state index contributed by atoms with van der Waals surface area (Å²) in [4.78, 5) is 0. The molecular formula is C15H11ClFNO. The first-order valence-electron chi connectivity index (χ1n) is 5.86. The minimum absolute atomic E-state index is 0.266. The van der Waals surface area contributed by atoms with Crippen LogP contribution >= 0.6 is 11.6 Å². The molecular weight excluding hydrogens is 265 g/mol. The topological polar surface area (TPSA) is 39.2 Å². The second-order valence-electron chi connectivity index (χ2n) is 4.28. The molecule has 0 bridgehead atoms. The van der Waals surface area contributed by atoms with Gasteiger partial charge in [-0.05, 0) is 35.9 Å². The van der Waals surface area contributed by atoms with Crippen molar-refractivity contribution in [3.63, 3.8) is 0 Å². The highest BCUT2D eigenvalue weighted by molar-refractivity contribution is 6.31. The van der Waals surface area contributed by atoms with Gasteiger partial charge in [-0.1, -0.05) is 23.7 Å². The summed E-state index contributed by atoms with van der Waals surface area (Å²) in [6.45, 7) is 0.348. The molecule has 0 aliphatic carbocycles. The molecule has 0 spiro atoms. The molecule has 1 aromatic heterocycles. The highest BCUT2D eigenvalue weighted by atomic mass is 35.5. The molecule has 2 aromatic carbocycles. The lowest BCUT2D eigenvalue weighted by molar-refractivity contribution is 0.569. The molecule has 0 fully saturated rings. The molecule has 0 aliphatic heterocycles. The van der Waals surface area contributed by atoms with Gasteiger partial charge in [-0.3, -0.25) is 0 Å². The van der Waals surface area contributed by atoms with E-state index in [0.29, 0.717) is 17.3 Å². The summed E-state index contributed by atoms with van der Waals surface area (Å²) in [7, 11) is 0. The maximum Gasteiger partial charge on any atom is 0.170 e. The van der Waals surface area contributed by atoms with Crippen LogP contribution in [0.3, 0.4) is 0 Å². The summed E-state index contributed by atoms with van der Waals surface area (Å²) in [5, 5.41) is 1.35. The Morgan fingerprint density at radius 2 is 2.00 bits per heavy atom. The number of fused-ring (bicyclic) bond motifs is 1. The van der Waals surface area contributed by atoms with E-state index >= 15 is 0 Å². The van der Waals surface area contributed by atoms with Crippen LogP contribution in [0.25, 0.3) is 22.3 Å². The normalized spacial score (nSPS) is 11.1. The Morgan fingerprint density at radius 3 is 2.74 bits per heavy atom. The van der Waals surface area contributed by atoms with Gasteiger partial charge >= 0.3 is 0 Å². The van der Waals surface area contributed by atoms with E-state index in [1.54, 1.807) is 12.1 Å². The lowest BCUT2D eigenvalue weighted by Crippen LogP contribution is -1.97. The van der Waals surface area contributed by atoms with Crippen molar-refractivity contribution in [2.75, 3.05) is 0 Å². The zero-order valence-corrected chi connectivity index (χ0v) is 10.7. The van der Waals surface area contributed by atoms with Crippen molar-refractivity contribution in [2.45, 2.75) is 6.54 Å². The van der Waals surface area contributed by atoms with Crippen LogP contribution in [0, 0.1) is 5.82 Å². The summed E-state index contributed by atoms with van der Waals surface area (Å²) in [6.07, 6.45) is 0. The predicted octanol–water partition coefficient (Wildman–Crippen LogP) is 4.35. The van der Waals surface area contributed by atoms with Crippen LogP contribution in [0.2, 0.25) is 5.02 Å². The van der Waals surface area contributed by atoms with E-state index in [1.807, 2.05) is 24.3 Å². The van der Waals surface area contributed by atoms with Gasteiger partial charge in [0.1, 0.15) is 5.76 Å². The molecule has 0 radical (unpaired) electrons. The van der Waals surface area contributed by atoms with Crippen molar-refractivity contribution >= 4 is 22.6 Å². The number of rotatable bonds is 2. The van der Waals surface area contributed by atoms with E-state index < -0.39 is 0 Å². The smallest absolute Gasteiger partial charge is 0.170 e. The zero-order chi connectivity index (χ0) is 13.4. The highest BCUT2D eigenvalue weighted by Crippen LogP contribution is 2.31. The Balaban J connectivity index is 2.16. The van der Waals surface area contributed by atoms with Gasteiger partial charge in [0.25, 0.3) is 0 Å². The molecule has 0 atom stereocenters. The molecule has 4 heteroatoms. The van der Waals surface area contributed by atoms with E-state index in [0.717, 1.165) is 16.5 Å². The first kappa shape index (κ1) is 12.2. The quantitative estimate of drug-likeness (QED) is 0.755. The number of halogens is 2. The molecule has 0 saturated carbocycles. The number of furan rings is 1.